The maximum absolute atomic E-state index is 10.8. The molecule has 3 nitrogen and oxygen atoms in total. The van der Waals surface area contributed by atoms with Gasteiger partial charge < -0.3 is 10.7 Å². The first-order chi connectivity index (χ1) is 7.97. The van der Waals surface area contributed by atoms with Gasteiger partial charge in [-0.15, -0.1) is 0 Å². The Labute approximate surface area is 110 Å². The highest BCUT2D eigenvalue weighted by molar-refractivity contribution is 9.10. The van der Waals surface area contributed by atoms with Gasteiger partial charge in [-0.25, -0.2) is 0 Å². The molecule has 17 heavy (non-hydrogen) atoms. The largest absolute Gasteiger partial charge is 0.354 e. The Balaban J connectivity index is 2.44. The summed E-state index contributed by atoms with van der Waals surface area (Å²) < 4.78 is 1.04. The van der Waals surface area contributed by atoms with Gasteiger partial charge in [-0.3, -0.25) is 4.79 Å². The van der Waals surface area contributed by atoms with E-state index in [1.165, 1.54) is 6.92 Å². The van der Waals surface area contributed by atoms with Crippen LogP contribution in [0.25, 0.3) is 0 Å². The Hall–Kier alpha value is -1.16. The highest BCUT2D eigenvalue weighted by Gasteiger charge is 2.07. The molecule has 92 valence electrons. The number of hydrogen-bond donors (Lipinski definition) is 2. The fourth-order valence-electron chi connectivity index (χ4n) is 1.69. The molecule has 1 rings (SSSR count). The van der Waals surface area contributed by atoms with Crippen LogP contribution >= 0.6 is 15.9 Å². The molecule has 0 bridgehead atoms. The molecule has 0 unspecified atom stereocenters. The number of carbonyl (C=O) groups is 1. The number of rotatable bonds is 5. The number of benzene rings is 1. The van der Waals surface area contributed by atoms with Crippen LogP contribution in [0.15, 0.2) is 28.7 Å². The first kappa shape index (κ1) is 13.9. The highest BCUT2D eigenvalue weighted by atomic mass is 79.9. The van der Waals surface area contributed by atoms with E-state index in [0.29, 0.717) is 18.6 Å². The Morgan fingerprint density at radius 2 is 2.00 bits per heavy atom. The molecule has 1 aromatic carbocycles. The molecule has 0 radical (unpaired) electrons. The molecule has 1 aromatic rings. The molecule has 0 spiro atoms. The van der Waals surface area contributed by atoms with Crippen molar-refractivity contribution in [3.63, 3.8) is 0 Å². The molecule has 1 atom stereocenters. The van der Waals surface area contributed by atoms with Crippen LogP contribution in [-0.4, -0.2) is 17.7 Å². The Morgan fingerprint density at radius 3 is 2.53 bits per heavy atom. The van der Waals surface area contributed by atoms with Crippen LogP contribution in [0.5, 0.6) is 0 Å². The van der Waals surface area contributed by atoms with Crippen LogP contribution in [-0.2, 0) is 11.2 Å². The summed E-state index contributed by atoms with van der Waals surface area (Å²) in [6.45, 7) is 3.41. The van der Waals surface area contributed by atoms with E-state index >= 15 is 0 Å². The molecule has 0 aromatic heterocycles. The van der Waals surface area contributed by atoms with Crippen LogP contribution in [0, 0.1) is 5.41 Å². The zero-order valence-corrected chi connectivity index (χ0v) is 11.7. The molecule has 0 aliphatic rings. The quantitative estimate of drug-likeness (QED) is 0.807. The lowest BCUT2D eigenvalue weighted by atomic mass is 10.0. The number of halogens is 1. The molecule has 0 saturated heterocycles. The average Bonchev–Trinajstić information content (AvgIpc) is 2.19. The van der Waals surface area contributed by atoms with Crippen molar-refractivity contribution in [2.24, 2.45) is 0 Å². The van der Waals surface area contributed by atoms with Gasteiger partial charge in [-0.2, -0.15) is 0 Å². The van der Waals surface area contributed by atoms with E-state index in [1.54, 1.807) is 0 Å². The van der Waals surface area contributed by atoms with Crippen molar-refractivity contribution in [2.45, 2.75) is 32.7 Å². The summed E-state index contributed by atoms with van der Waals surface area (Å²) in [6, 6.07) is 7.97. The summed E-state index contributed by atoms with van der Waals surface area (Å²) in [7, 11) is 0. The van der Waals surface area contributed by atoms with Crippen molar-refractivity contribution in [1.82, 2.24) is 5.32 Å². The predicted molar refractivity (Wildman–Crippen MR) is 73.5 cm³/mol. The Morgan fingerprint density at radius 1 is 1.41 bits per heavy atom. The lowest BCUT2D eigenvalue weighted by Crippen LogP contribution is -2.32. The number of carbonyl (C=O) groups excluding carboxylic acids is 1. The van der Waals surface area contributed by atoms with Crippen molar-refractivity contribution >= 4 is 27.5 Å². The van der Waals surface area contributed by atoms with Gasteiger partial charge in [0.2, 0.25) is 5.91 Å². The normalized spacial score (nSPS) is 11.9. The zero-order valence-electron chi connectivity index (χ0n) is 10.1. The summed E-state index contributed by atoms with van der Waals surface area (Å²) >= 11 is 3.38. The zero-order chi connectivity index (χ0) is 12.8. The van der Waals surface area contributed by atoms with Crippen LogP contribution in [0.4, 0.5) is 0 Å². The summed E-state index contributed by atoms with van der Waals surface area (Å²) in [5.74, 6) is -0.0473. The van der Waals surface area contributed by atoms with E-state index in [2.05, 4.69) is 21.2 Å². The van der Waals surface area contributed by atoms with E-state index < -0.39 is 0 Å². The summed E-state index contributed by atoms with van der Waals surface area (Å²) in [5, 5.41) is 10.7. The maximum atomic E-state index is 10.8. The lowest BCUT2D eigenvalue weighted by molar-refractivity contribution is -0.119. The molecule has 0 saturated carbocycles. The van der Waals surface area contributed by atoms with Crippen molar-refractivity contribution in [2.75, 3.05) is 0 Å². The molecular weight excluding hydrogens is 280 g/mol. The molecule has 2 N–H and O–H groups in total. The van der Waals surface area contributed by atoms with Gasteiger partial charge in [0.25, 0.3) is 0 Å². The first-order valence-electron chi connectivity index (χ1n) is 5.55. The van der Waals surface area contributed by atoms with E-state index in [-0.39, 0.29) is 11.9 Å². The van der Waals surface area contributed by atoms with Gasteiger partial charge in [-0.1, -0.05) is 28.1 Å². The molecule has 0 aliphatic heterocycles. The smallest absolute Gasteiger partial charge is 0.217 e. The standard InChI is InChI=1S/C13H17BrN2O/c1-9(16-10(2)17)7-13(15)8-11-3-5-12(14)6-4-11/h3-6,9,15H,7-8H2,1-2H3,(H,16,17)/t9-/m0/s1. The summed E-state index contributed by atoms with van der Waals surface area (Å²) in [4.78, 5) is 10.8. The predicted octanol–water partition coefficient (Wildman–Crippen LogP) is 2.93. The van der Waals surface area contributed by atoms with E-state index in [1.807, 2.05) is 31.2 Å². The SMILES string of the molecule is CC(=O)N[C@@H](C)CC(=N)Cc1ccc(Br)cc1. The molecular formula is C13H17BrN2O. The third-order valence-electron chi connectivity index (χ3n) is 2.33. The third kappa shape index (κ3) is 5.63. The molecule has 0 heterocycles. The average molecular weight is 297 g/mol. The number of amides is 1. The van der Waals surface area contributed by atoms with Crippen LogP contribution in [0.2, 0.25) is 0 Å². The fraction of sp³-hybridized carbons (Fsp3) is 0.385. The van der Waals surface area contributed by atoms with Crippen LogP contribution in [0.1, 0.15) is 25.8 Å². The van der Waals surface area contributed by atoms with Gasteiger partial charge in [0, 0.05) is 36.0 Å². The molecule has 0 aliphatic carbocycles. The van der Waals surface area contributed by atoms with Crippen LogP contribution in [0.3, 0.4) is 0 Å². The van der Waals surface area contributed by atoms with Crippen molar-refractivity contribution in [3.05, 3.63) is 34.3 Å². The van der Waals surface area contributed by atoms with Gasteiger partial charge >= 0.3 is 0 Å². The van der Waals surface area contributed by atoms with Crippen molar-refractivity contribution in [3.8, 4) is 0 Å². The number of hydrogen-bond acceptors (Lipinski definition) is 2. The molecule has 1 amide bonds. The minimum atomic E-state index is -0.0473. The van der Waals surface area contributed by atoms with Gasteiger partial charge in [0.1, 0.15) is 0 Å². The number of nitrogens with one attached hydrogen (secondary N) is 2. The second-order valence-corrected chi connectivity index (χ2v) is 5.13. The summed E-state index contributed by atoms with van der Waals surface area (Å²) in [5.41, 5.74) is 1.75. The summed E-state index contributed by atoms with van der Waals surface area (Å²) in [6.07, 6.45) is 1.23. The molecule has 4 heteroatoms. The maximum Gasteiger partial charge on any atom is 0.217 e. The third-order valence-corrected chi connectivity index (χ3v) is 2.86. The van der Waals surface area contributed by atoms with Gasteiger partial charge in [0.05, 0.1) is 0 Å². The first-order valence-corrected chi connectivity index (χ1v) is 6.34. The van der Waals surface area contributed by atoms with Gasteiger partial charge in [-0.05, 0) is 24.6 Å². The fourth-order valence-corrected chi connectivity index (χ4v) is 1.95. The van der Waals surface area contributed by atoms with E-state index in [0.717, 1.165) is 10.0 Å². The van der Waals surface area contributed by atoms with Crippen LogP contribution < -0.4 is 5.32 Å². The highest BCUT2D eigenvalue weighted by Crippen LogP contribution is 2.11. The monoisotopic (exact) mass is 296 g/mol. The molecule has 0 fully saturated rings. The van der Waals surface area contributed by atoms with Crippen molar-refractivity contribution < 1.29 is 4.79 Å². The topological polar surface area (TPSA) is 53.0 Å². The van der Waals surface area contributed by atoms with E-state index in [9.17, 15) is 4.79 Å². The second-order valence-electron chi connectivity index (χ2n) is 4.21. The lowest BCUT2D eigenvalue weighted by Gasteiger charge is -2.13. The second kappa shape index (κ2) is 6.55. The minimum Gasteiger partial charge on any atom is -0.354 e. The Kier molecular flexibility index (Phi) is 5.35. The van der Waals surface area contributed by atoms with Gasteiger partial charge in [0.15, 0.2) is 0 Å². The van der Waals surface area contributed by atoms with E-state index in [4.69, 9.17) is 5.41 Å². The Bertz CT molecular complexity index is 400. The minimum absolute atomic E-state index is 0.0236. The van der Waals surface area contributed by atoms with Crippen molar-refractivity contribution in [1.29, 1.82) is 5.41 Å².